The van der Waals surface area contributed by atoms with E-state index in [0.29, 0.717) is 17.6 Å². The topological polar surface area (TPSA) is 9.23 Å². The van der Waals surface area contributed by atoms with Crippen molar-refractivity contribution in [1.82, 2.24) is 0 Å². The highest BCUT2D eigenvalue weighted by Gasteiger charge is 2.49. The Balaban J connectivity index is 2.66. The van der Waals surface area contributed by atoms with Crippen LogP contribution in [-0.2, 0) is 4.74 Å². The summed E-state index contributed by atoms with van der Waals surface area (Å²) in [5.41, 5.74) is 0.417. The third kappa shape index (κ3) is 0.800. The van der Waals surface area contributed by atoms with Gasteiger partial charge in [0.2, 0.25) is 0 Å². The maximum Gasteiger partial charge on any atom is 0.0631 e. The standard InChI is InChI=1S/C9H18O/c1-6(2)9(5)7(3)10-8(9)4/h6-8H,1-5H3. The van der Waals surface area contributed by atoms with Crippen LogP contribution in [0.5, 0.6) is 0 Å². The lowest BCUT2D eigenvalue weighted by Crippen LogP contribution is -2.57. The van der Waals surface area contributed by atoms with Gasteiger partial charge in [0.05, 0.1) is 12.2 Å². The van der Waals surface area contributed by atoms with Crippen molar-refractivity contribution in [2.45, 2.75) is 46.8 Å². The van der Waals surface area contributed by atoms with Crippen molar-refractivity contribution in [3.05, 3.63) is 0 Å². The molecule has 0 bridgehead atoms. The van der Waals surface area contributed by atoms with E-state index in [2.05, 4.69) is 34.6 Å². The number of ether oxygens (including phenoxy) is 1. The average molecular weight is 142 g/mol. The second-order valence-electron chi connectivity index (χ2n) is 3.94. The first-order valence-electron chi connectivity index (χ1n) is 4.15. The van der Waals surface area contributed by atoms with Gasteiger partial charge in [-0.1, -0.05) is 20.8 Å². The first-order chi connectivity index (χ1) is 4.49. The molecule has 1 heteroatoms. The van der Waals surface area contributed by atoms with Gasteiger partial charge in [0.15, 0.2) is 0 Å². The van der Waals surface area contributed by atoms with E-state index in [9.17, 15) is 0 Å². The maximum absolute atomic E-state index is 5.52. The molecule has 1 rings (SSSR count). The minimum Gasteiger partial charge on any atom is -0.374 e. The summed E-state index contributed by atoms with van der Waals surface area (Å²) in [6.45, 7) is 11.2. The fourth-order valence-electron chi connectivity index (χ4n) is 1.80. The van der Waals surface area contributed by atoms with E-state index >= 15 is 0 Å². The molecule has 0 radical (unpaired) electrons. The molecule has 0 amide bonds. The van der Waals surface area contributed by atoms with E-state index in [1.807, 2.05) is 0 Å². The SMILES string of the molecule is CC(C)C1(C)C(C)OC1C. The van der Waals surface area contributed by atoms with Crippen LogP contribution >= 0.6 is 0 Å². The van der Waals surface area contributed by atoms with E-state index in [1.165, 1.54) is 0 Å². The fourth-order valence-corrected chi connectivity index (χ4v) is 1.80. The molecular weight excluding hydrogens is 124 g/mol. The Bertz CT molecular complexity index is 111. The maximum atomic E-state index is 5.52. The lowest BCUT2D eigenvalue weighted by atomic mass is 9.67. The Kier molecular flexibility index (Phi) is 1.80. The predicted molar refractivity (Wildman–Crippen MR) is 43.0 cm³/mol. The van der Waals surface area contributed by atoms with Crippen molar-refractivity contribution in [3.8, 4) is 0 Å². The molecule has 0 saturated carbocycles. The Hall–Kier alpha value is -0.0400. The first kappa shape index (κ1) is 8.06. The minimum atomic E-state index is 0.417. The van der Waals surface area contributed by atoms with Crippen LogP contribution in [0.1, 0.15) is 34.6 Å². The van der Waals surface area contributed by atoms with Crippen molar-refractivity contribution in [2.75, 3.05) is 0 Å². The van der Waals surface area contributed by atoms with Crippen LogP contribution in [0.4, 0.5) is 0 Å². The number of hydrogen-bond donors (Lipinski definition) is 0. The smallest absolute Gasteiger partial charge is 0.0631 e. The van der Waals surface area contributed by atoms with Gasteiger partial charge in [0.25, 0.3) is 0 Å². The molecule has 0 aromatic heterocycles. The molecule has 0 spiro atoms. The number of rotatable bonds is 1. The van der Waals surface area contributed by atoms with Crippen LogP contribution in [0, 0.1) is 11.3 Å². The summed E-state index contributed by atoms with van der Waals surface area (Å²) in [5.74, 6) is 0.728. The molecule has 2 unspecified atom stereocenters. The van der Waals surface area contributed by atoms with Gasteiger partial charge in [-0.05, 0) is 19.8 Å². The van der Waals surface area contributed by atoms with Gasteiger partial charge >= 0.3 is 0 Å². The van der Waals surface area contributed by atoms with Crippen LogP contribution < -0.4 is 0 Å². The Morgan fingerprint density at radius 2 is 1.60 bits per heavy atom. The zero-order valence-corrected chi connectivity index (χ0v) is 7.64. The second kappa shape index (κ2) is 2.23. The summed E-state index contributed by atoms with van der Waals surface area (Å²) >= 11 is 0. The van der Waals surface area contributed by atoms with Crippen LogP contribution in [0.3, 0.4) is 0 Å². The normalized spacial score (nSPS) is 47.4. The van der Waals surface area contributed by atoms with Crippen molar-refractivity contribution in [1.29, 1.82) is 0 Å². The minimum absolute atomic E-state index is 0.417. The fraction of sp³-hybridized carbons (Fsp3) is 1.00. The molecule has 10 heavy (non-hydrogen) atoms. The second-order valence-corrected chi connectivity index (χ2v) is 3.94. The lowest BCUT2D eigenvalue weighted by molar-refractivity contribution is -0.244. The first-order valence-corrected chi connectivity index (χ1v) is 4.15. The number of hydrogen-bond acceptors (Lipinski definition) is 1. The van der Waals surface area contributed by atoms with Gasteiger partial charge in [-0.15, -0.1) is 0 Å². The highest BCUT2D eigenvalue weighted by molar-refractivity contribution is 4.96. The van der Waals surface area contributed by atoms with Gasteiger partial charge in [0, 0.05) is 5.41 Å². The third-order valence-corrected chi connectivity index (χ3v) is 3.40. The van der Waals surface area contributed by atoms with Crippen LogP contribution in [0.25, 0.3) is 0 Å². The highest BCUT2D eigenvalue weighted by Crippen LogP contribution is 2.46. The molecule has 1 nitrogen and oxygen atoms in total. The zero-order chi connectivity index (χ0) is 7.94. The molecule has 1 heterocycles. The summed E-state index contributed by atoms with van der Waals surface area (Å²) in [6.07, 6.45) is 0.894. The van der Waals surface area contributed by atoms with Crippen molar-refractivity contribution in [2.24, 2.45) is 11.3 Å². The Labute approximate surface area is 63.8 Å². The monoisotopic (exact) mass is 142 g/mol. The largest absolute Gasteiger partial charge is 0.374 e. The summed E-state index contributed by atoms with van der Waals surface area (Å²) < 4.78 is 5.52. The van der Waals surface area contributed by atoms with Crippen LogP contribution in [0.2, 0.25) is 0 Å². The molecule has 1 aliphatic heterocycles. The highest BCUT2D eigenvalue weighted by atomic mass is 16.5. The zero-order valence-electron chi connectivity index (χ0n) is 7.64. The van der Waals surface area contributed by atoms with Crippen LogP contribution in [-0.4, -0.2) is 12.2 Å². The quantitative estimate of drug-likeness (QED) is 0.546. The van der Waals surface area contributed by atoms with Gasteiger partial charge in [-0.3, -0.25) is 0 Å². The Morgan fingerprint density at radius 1 is 1.20 bits per heavy atom. The Morgan fingerprint density at radius 3 is 1.70 bits per heavy atom. The molecular formula is C9H18O. The molecule has 1 aliphatic rings. The van der Waals surface area contributed by atoms with Crippen molar-refractivity contribution < 1.29 is 4.74 Å². The van der Waals surface area contributed by atoms with E-state index in [1.54, 1.807) is 0 Å². The summed E-state index contributed by atoms with van der Waals surface area (Å²) in [4.78, 5) is 0. The van der Waals surface area contributed by atoms with E-state index < -0.39 is 0 Å². The lowest BCUT2D eigenvalue weighted by Gasteiger charge is -2.54. The van der Waals surface area contributed by atoms with E-state index in [-0.39, 0.29) is 0 Å². The molecule has 0 aromatic rings. The predicted octanol–water partition coefficient (Wildman–Crippen LogP) is 2.46. The van der Waals surface area contributed by atoms with E-state index in [0.717, 1.165) is 5.92 Å². The molecule has 2 atom stereocenters. The van der Waals surface area contributed by atoms with Crippen LogP contribution in [0.15, 0.2) is 0 Å². The summed E-state index contributed by atoms with van der Waals surface area (Å²) in [6, 6.07) is 0. The van der Waals surface area contributed by atoms with Gasteiger partial charge in [-0.2, -0.15) is 0 Å². The molecule has 60 valence electrons. The summed E-state index contributed by atoms with van der Waals surface area (Å²) in [5, 5.41) is 0. The molecule has 0 aromatic carbocycles. The summed E-state index contributed by atoms with van der Waals surface area (Å²) in [7, 11) is 0. The van der Waals surface area contributed by atoms with Gasteiger partial charge in [-0.25, -0.2) is 0 Å². The molecule has 0 N–H and O–H groups in total. The van der Waals surface area contributed by atoms with E-state index in [4.69, 9.17) is 4.74 Å². The average Bonchev–Trinajstić information content (AvgIpc) is 1.86. The van der Waals surface area contributed by atoms with Crippen molar-refractivity contribution >= 4 is 0 Å². The van der Waals surface area contributed by atoms with Gasteiger partial charge in [0.1, 0.15) is 0 Å². The third-order valence-electron chi connectivity index (χ3n) is 3.40. The molecule has 1 fully saturated rings. The van der Waals surface area contributed by atoms with Gasteiger partial charge < -0.3 is 4.74 Å². The molecule has 0 aliphatic carbocycles. The van der Waals surface area contributed by atoms with Crippen molar-refractivity contribution in [3.63, 3.8) is 0 Å². The molecule has 1 saturated heterocycles.